The number of carbonyl (C=O) groups excluding carboxylic acids is 1. The molecule has 0 spiro atoms. The summed E-state index contributed by atoms with van der Waals surface area (Å²) in [7, 11) is 1.54. The predicted molar refractivity (Wildman–Crippen MR) is 63.9 cm³/mol. The van der Waals surface area contributed by atoms with Gasteiger partial charge in [0.05, 0.1) is 7.11 Å². The summed E-state index contributed by atoms with van der Waals surface area (Å²) in [5.74, 6) is 0.456. The fourth-order valence-electron chi connectivity index (χ4n) is 2.03. The molecule has 2 N–H and O–H groups in total. The Morgan fingerprint density at radius 2 is 2.47 bits per heavy atom. The average Bonchev–Trinajstić information content (AvgIpc) is 2.38. The SMILES string of the molecule is COc1cc(C(=O)N2CCC[C@@H](N)C2)ccn1. The second-order valence-electron chi connectivity index (χ2n) is 4.24. The van der Waals surface area contributed by atoms with Crippen LogP contribution in [0.4, 0.5) is 0 Å². The summed E-state index contributed by atoms with van der Waals surface area (Å²) < 4.78 is 5.01. The van der Waals surface area contributed by atoms with Crippen molar-refractivity contribution in [1.82, 2.24) is 9.88 Å². The third-order valence-electron chi connectivity index (χ3n) is 2.94. The van der Waals surface area contributed by atoms with Crippen molar-refractivity contribution in [2.45, 2.75) is 18.9 Å². The number of piperidine rings is 1. The fourth-order valence-corrected chi connectivity index (χ4v) is 2.03. The maximum Gasteiger partial charge on any atom is 0.254 e. The zero-order valence-electron chi connectivity index (χ0n) is 9.93. The number of ether oxygens (including phenoxy) is 1. The normalized spacial score (nSPS) is 20.1. The number of likely N-dealkylation sites (tertiary alicyclic amines) is 1. The largest absolute Gasteiger partial charge is 0.481 e. The lowest BCUT2D eigenvalue weighted by Gasteiger charge is -2.30. The van der Waals surface area contributed by atoms with Crippen LogP contribution in [0.5, 0.6) is 5.88 Å². The molecule has 1 aromatic rings. The Hall–Kier alpha value is -1.62. The molecule has 92 valence electrons. The molecule has 1 saturated heterocycles. The molecule has 2 rings (SSSR count). The standard InChI is InChI=1S/C12H17N3O2/c1-17-11-7-9(4-5-14-11)12(16)15-6-2-3-10(13)8-15/h4-5,7,10H,2-3,6,8,13H2,1H3/t10-/m1/s1. The molecule has 0 unspecified atom stereocenters. The first-order valence-electron chi connectivity index (χ1n) is 5.75. The summed E-state index contributed by atoms with van der Waals surface area (Å²) in [5, 5.41) is 0. The van der Waals surface area contributed by atoms with E-state index in [4.69, 9.17) is 10.5 Å². The number of pyridine rings is 1. The van der Waals surface area contributed by atoms with E-state index in [1.54, 1.807) is 23.2 Å². The summed E-state index contributed by atoms with van der Waals surface area (Å²) in [6.45, 7) is 1.40. The van der Waals surface area contributed by atoms with E-state index in [1.807, 2.05) is 0 Å². The molecule has 1 atom stereocenters. The van der Waals surface area contributed by atoms with E-state index in [1.165, 1.54) is 7.11 Å². The highest BCUT2D eigenvalue weighted by molar-refractivity contribution is 5.94. The summed E-state index contributed by atoms with van der Waals surface area (Å²) >= 11 is 0. The van der Waals surface area contributed by atoms with Crippen molar-refractivity contribution in [3.8, 4) is 5.88 Å². The molecule has 0 saturated carbocycles. The minimum absolute atomic E-state index is 0.000787. The third-order valence-corrected chi connectivity index (χ3v) is 2.94. The van der Waals surface area contributed by atoms with Crippen molar-refractivity contribution in [3.05, 3.63) is 23.9 Å². The Morgan fingerprint density at radius 1 is 1.65 bits per heavy atom. The van der Waals surface area contributed by atoms with Crippen molar-refractivity contribution in [3.63, 3.8) is 0 Å². The van der Waals surface area contributed by atoms with E-state index in [0.717, 1.165) is 19.4 Å². The van der Waals surface area contributed by atoms with E-state index in [2.05, 4.69) is 4.98 Å². The van der Waals surface area contributed by atoms with Crippen molar-refractivity contribution in [2.75, 3.05) is 20.2 Å². The number of methoxy groups -OCH3 is 1. The summed E-state index contributed by atoms with van der Waals surface area (Å²) in [5.41, 5.74) is 6.47. The monoisotopic (exact) mass is 235 g/mol. The number of nitrogens with two attached hydrogens (primary N) is 1. The van der Waals surface area contributed by atoms with Gasteiger partial charge in [-0.2, -0.15) is 0 Å². The van der Waals surface area contributed by atoms with Crippen LogP contribution >= 0.6 is 0 Å². The molecule has 1 aliphatic heterocycles. The van der Waals surface area contributed by atoms with Gasteiger partial charge in [0.2, 0.25) is 5.88 Å². The van der Waals surface area contributed by atoms with Crippen LogP contribution < -0.4 is 10.5 Å². The maximum atomic E-state index is 12.2. The van der Waals surface area contributed by atoms with Gasteiger partial charge in [-0.3, -0.25) is 4.79 Å². The number of rotatable bonds is 2. The van der Waals surface area contributed by atoms with E-state index in [9.17, 15) is 4.79 Å². The minimum Gasteiger partial charge on any atom is -0.481 e. The number of aromatic nitrogens is 1. The van der Waals surface area contributed by atoms with Crippen molar-refractivity contribution in [2.24, 2.45) is 5.73 Å². The highest BCUT2D eigenvalue weighted by Crippen LogP contribution is 2.15. The molecule has 0 aliphatic carbocycles. The van der Waals surface area contributed by atoms with Crippen molar-refractivity contribution in [1.29, 1.82) is 0 Å². The van der Waals surface area contributed by atoms with Crippen LogP contribution in [0.1, 0.15) is 23.2 Å². The number of nitrogens with zero attached hydrogens (tertiary/aromatic N) is 2. The van der Waals surface area contributed by atoms with Gasteiger partial charge in [0.1, 0.15) is 0 Å². The van der Waals surface area contributed by atoms with Crippen LogP contribution in [0.25, 0.3) is 0 Å². The Kier molecular flexibility index (Phi) is 3.58. The Balaban J connectivity index is 2.12. The van der Waals surface area contributed by atoms with Crippen LogP contribution in [0.15, 0.2) is 18.3 Å². The number of hydrogen-bond donors (Lipinski definition) is 1. The summed E-state index contributed by atoms with van der Waals surface area (Å²) in [6.07, 6.45) is 3.54. The molecule has 2 heterocycles. The van der Waals surface area contributed by atoms with Crippen LogP contribution in [0.3, 0.4) is 0 Å². The van der Waals surface area contributed by atoms with E-state index in [0.29, 0.717) is 18.0 Å². The summed E-state index contributed by atoms with van der Waals surface area (Å²) in [4.78, 5) is 18.0. The molecule has 5 nitrogen and oxygen atoms in total. The smallest absolute Gasteiger partial charge is 0.254 e. The highest BCUT2D eigenvalue weighted by atomic mass is 16.5. The van der Waals surface area contributed by atoms with Crippen LogP contribution in [0.2, 0.25) is 0 Å². The highest BCUT2D eigenvalue weighted by Gasteiger charge is 2.22. The molecule has 5 heteroatoms. The molecule has 0 radical (unpaired) electrons. The first-order valence-corrected chi connectivity index (χ1v) is 5.75. The van der Waals surface area contributed by atoms with E-state index in [-0.39, 0.29) is 11.9 Å². The second-order valence-corrected chi connectivity index (χ2v) is 4.24. The molecule has 1 aliphatic rings. The lowest BCUT2D eigenvalue weighted by Crippen LogP contribution is -2.45. The topological polar surface area (TPSA) is 68.5 Å². The van der Waals surface area contributed by atoms with Gasteiger partial charge in [0.25, 0.3) is 5.91 Å². The quantitative estimate of drug-likeness (QED) is 0.817. The van der Waals surface area contributed by atoms with Gasteiger partial charge >= 0.3 is 0 Å². The Labute approximate surface area is 101 Å². The number of hydrogen-bond acceptors (Lipinski definition) is 4. The van der Waals surface area contributed by atoms with Crippen molar-refractivity contribution >= 4 is 5.91 Å². The van der Waals surface area contributed by atoms with Gasteiger partial charge in [0.15, 0.2) is 0 Å². The molecular weight excluding hydrogens is 218 g/mol. The van der Waals surface area contributed by atoms with E-state index >= 15 is 0 Å². The Bertz CT molecular complexity index is 408. The van der Waals surface area contributed by atoms with Crippen LogP contribution in [0, 0.1) is 0 Å². The second kappa shape index (κ2) is 5.14. The lowest BCUT2D eigenvalue weighted by atomic mass is 10.1. The summed E-state index contributed by atoms with van der Waals surface area (Å²) in [6, 6.07) is 3.45. The Morgan fingerprint density at radius 3 is 3.18 bits per heavy atom. The molecule has 0 aromatic carbocycles. The third kappa shape index (κ3) is 2.74. The zero-order chi connectivity index (χ0) is 12.3. The first kappa shape index (κ1) is 11.9. The molecular formula is C12H17N3O2. The van der Waals surface area contributed by atoms with Gasteiger partial charge in [-0.25, -0.2) is 4.98 Å². The lowest BCUT2D eigenvalue weighted by molar-refractivity contribution is 0.0708. The number of amides is 1. The zero-order valence-corrected chi connectivity index (χ0v) is 9.93. The molecule has 1 aromatic heterocycles. The van der Waals surface area contributed by atoms with Crippen molar-refractivity contribution < 1.29 is 9.53 Å². The van der Waals surface area contributed by atoms with Crippen LogP contribution in [-0.2, 0) is 0 Å². The van der Waals surface area contributed by atoms with E-state index < -0.39 is 0 Å². The van der Waals surface area contributed by atoms with Crippen LogP contribution in [-0.4, -0.2) is 42.0 Å². The van der Waals surface area contributed by atoms with Gasteiger partial charge in [0, 0.05) is 37.0 Å². The van der Waals surface area contributed by atoms with Gasteiger partial charge in [-0.15, -0.1) is 0 Å². The minimum atomic E-state index is 0.000787. The fraction of sp³-hybridized carbons (Fsp3) is 0.500. The van der Waals surface area contributed by atoms with Gasteiger partial charge < -0.3 is 15.4 Å². The molecule has 1 amide bonds. The van der Waals surface area contributed by atoms with Gasteiger partial charge in [-0.1, -0.05) is 0 Å². The average molecular weight is 235 g/mol. The molecule has 17 heavy (non-hydrogen) atoms. The first-order chi connectivity index (χ1) is 8.20. The van der Waals surface area contributed by atoms with Gasteiger partial charge in [-0.05, 0) is 18.9 Å². The number of carbonyl (C=O) groups is 1. The molecule has 1 fully saturated rings. The maximum absolute atomic E-state index is 12.2. The predicted octanol–water partition coefficient (Wildman–Crippen LogP) is 0.653. The molecule has 0 bridgehead atoms.